The van der Waals surface area contributed by atoms with E-state index < -0.39 is 12.2 Å². The summed E-state index contributed by atoms with van der Waals surface area (Å²) < 4.78 is 31.7. The van der Waals surface area contributed by atoms with Crippen LogP contribution in [0.3, 0.4) is 0 Å². The first-order valence-corrected chi connectivity index (χ1v) is 7.06. The monoisotopic (exact) mass is 293 g/mol. The number of aromatic nitrogens is 2. The maximum atomic E-state index is 13.0. The van der Waals surface area contributed by atoms with Gasteiger partial charge < -0.3 is 9.64 Å². The minimum atomic E-state index is -2.67. The van der Waals surface area contributed by atoms with Crippen molar-refractivity contribution in [3.8, 4) is 0 Å². The van der Waals surface area contributed by atoms with Gasteiger partial charge in [0, 0.05) is 25.1 Å². The van der Waals surface area contributed by atoms with E-state index in [1.807, 2.05) is 24.0 Å². The molecule has 2 aromatic rings. The summed E-state index contributed by atoms with van der Waals surface area (Å²) in [5.41, 5.74) is 0.551. The molecule has 1 aromatic carbocycles. The number of halogens is 2. The lowest BCUT2D eigenvalue weighted by Gasteiger charge is -2.24. The highest BCUT2D eigenvalue weighted by atomic mass is 19.3. The predicted molar refractivity (Wildman–Crippen MR) is 76.7 cm³/mol. The lowest BCUT2D eigenvalue weighted by Crippen LogP contribution is -2.31. The largest absolute Gasteiger partial charge is 0.377 e. The van der Waals surface area contributed by atoms with Gasteiger partial charge in [-0.3, -0.25) is 0 Å². The molecule has 0 amide bonds. The zero-order chi connectivity index (χ0) is 14.8. The normalized spacial score (nSPS) is 20.0. The summed E-state index contributed by atoms with van der Waals surface area (Å²) in [7, 11) is 0. The molecule has 1 aromatic heterocycles. The number of rotatable bonds is 2. The van der Waals surface area contributed by atoms with E-state index in [0.29, 0.717) is 24.5 Å². The third-order valence-electron chi connectivity index (χ3n) is 3.55. The maximum Gasteiger partial charge on any atom is 0.297 e. The molecule has 6 heteroatoms. The molecule has 1 saturated heterocycles. The van der Waals surface area contributed by atoms with Crippen molar-refractivity contribution in [1.82, 2.24) is 9.97 Å². The Morgan fingerprint density at radius 1 is 1.29 bits per heavy atom. The van der Waals surface area contributed by atoms with Gasteiger partial charge in [0.05, 0.1) is 11.6 Å². The quantitative estimate of drug-likeness (QED) is 0.852. The molecule has 0 bridgehead atoms. The number of ether oxygens (including phenoxy) is 1. The van der Waals surface area contributed by atoms with Gasteiger partial charge in [-0.05, 0) is 25.5 Å². The first kappa shape index (κ1) is 14.1. The highest BCUT2D eigenvalue weighted by molar-refractivity contribution is 5.89. The first-order chi connectivity index (χ1) is 10.1. The molecule has 0 radical (unpaired) electrons. The number of fused-ring (bicyclic) bond motifs is 1. The predicted octanol–water partition coefficient (Wildman–Crippen LogP) is 3.18. The molecule has 21 heavy (non-hydrogen) atoms. The molecular weight excluding hydrogens is 276 g/mol. The zero-order valence-corrected chi connectivity index (χ0v) is 11.8. The van der Waals surface area contributed by atoms with Crippen LogP contribution in [0.4, 0.5) is 14.6 Å². The van der Waals surface area contributed by atoms with Crippen LogP contribution in [0.5, 0.6) is 0 Å². The smallest absolute Gasteiger partial charge is 0.297 e. The molecule has 4 nitrogen and oxygen atoms in total. The fraction of sp³-hybridized carbons (Fsp3) is 0.467. The Bertz CT molecular complexity index is 635. The lowest BCUT2D eigenvalue weighted by molar-refractivity contribution is 0.0820. The van der Waals surface area contributed by atoms with Crippen LogP contribution < -0.4 is 4.90 Å². The summed E-state index contributed by atoms with van der Waals surface area (Å²) in [5, 5.41) is 0.802. The van der Waals surface area contributed by atoms with Crippen LogP contribution in [-0.4, -0.2) is 35.8 Å². The molecule has 1 unspecified atom stereocenters. The van der Waals surface area contributed by atoms with Crippen LogP contribution in [0.2, 0.25) is 0 Å². The first-order valence-electron chi connectivity index (χ1n) is 7.06. The number of hydrogen-bond donors (Lipinski definition) is 0. The molecule has 1 fully saturated rings. The van der Waals surface area contributed by atoms with Crippen LogP contribution in [-0.2, 0) is 4.74 Å². The van der Waals surface area contributed by atoms with Crippen LogP contribution in [0, 0.1) is 0 Å². The Hall–Kier alpha value is -1.82. The average Bonchev–Trinajstić information content (AvgIpc) is 2.70. The fourth-order valence-corrected chi connectivity index (χ4v) is 2.60. The Kier molecular flexibility index (Phi) is 3.96. The summed E-state index contributed by atoms with van der Waals surface area (Å²) >= 11 is 0. The molecule has 0 saturated carbocycles. The Morgan fingerprint density at radius 2 is 2.10 bits per heavy atom. The Labute approximate surface area is 121 Å². The van der Waals surface area contributed by atoms with E-state index in [9.17, 15) is 8.78 Å². The zero-order valence-electron chi connectivity index (χ0n) is 11.8. The molecule has 1 atom stereocenters. The molecule has 1 aliphatic heterocycles. The van der Waals surface area contributed by atoms with Gasteiger partial charge in [0.2, 0.25) is 0 Å². The van der Waals surface area contributed by atoms with Crippen molar-refractivity contribution in [2.24, 2.45) is 0 Å². The highest BCUT2D eigenvalue weighted by Gasteiger charge is 2.21. The van der Waals surface area contributed by atoms with E-state index in [4.69, 9.17) is 4.74 Å². The van der Waals surface area contributed by atoms with Gasteiger partial charge in [0.25, 0.3) is 6.43 Å². The number of benzene rings is 1. The second kappa shape index (κ2) is 5.89. The standard InChI is InChI=1S/C15H17F2N3O/c1-10-9-20(7-4-8-21-10)15-11-5-2-3-6-12(11)18-14(19-15)13(16)17/h2-3,5-6,10,13H,4,7-9H2,1H3. The van der Waals surface area contributed by atoms with E-state index in [0.717, 1.165) is 18.4 Å². The highest BCUT2D eigenvalue weighted by Crippen LogP contribution is 2.28. The molecule has 0 N–H and O–H groups in total. The minimum Gasteiger partial charge on any atom is -0.377 e. The van der Waals surface area contributed by atoms with Crippen molar-refractivity contribution in [2.45, 2.75) is 25.9 Å². The van der Waals surface area contributed by atoms with Crippen LogP contribution in [0.25, 0.3) is 10.9 Å². The molecular formula is C15H17F2N3O. The summed E-state index contributed by atoms with van der Waals surface area (Å²) in [4.78, 5) is 10.1. The van der Waals surface area contributed by atoms with Crippen molar-refractivity contribution in [2.75, 3.05) is 24.6 Å². The van der Waals surface area contributed by atoms with Gasteiger partial charge >= 0.3 is 0 Å². The third-order valence-corrected chi connectivity index (χ3v) is 3.55. The SMILES string of the molecule is CC1CN(c2nc(C(F)F)nc3ccccc23)CCCO1. The fourth-order valence-electron chi connectivity index (χ4n) is 2.60. The topological polar surface area (TPSA) is 38.2 Å². The summed E-state index contributed by atoms with van der Waals surface area (Å²) in [6, 6.07) is 7.28. The van der Waals surface area contributed by atoms with Crippen LogP contribution in [0.1, 0.15) is 25.6 Å². The van der Waals surface area contributed by atoms with Crippen LogP contribution >= 0.6 is 0 Å². The van der Waals surface area contributed by atoms with Gasteiger partial charge in [-0.25, -0.2) is 18.7 Å². The number of nitrogens with zero attached hydrogens (tertiary/aromatic N) is 3. The van der Waals surface area contributed by atoms with Gasteiger partial charge in [-0.2, -0.15) is 0 Å². The van der Waals surface area contributed by atoms with E-state index in [1.54, 1.807) is 12.1 Å². The van der Waals surface area contributed by atoms with Gasteiger partial charge in [-0.1, -0.05) is 12.1 Å². The van der Waals surface area contributed by atoms with Crippen molar-refractivity contribution in [3.05, 3.63) is 30.1 Å². The Morgan fingerprint density at radius 3 is 2.90 bits per heavy atom. The summed E-state index contributed by atoms with van der Waals surface area (Å²) in [6.07, 6.45) is -1.77. The van der Waals surface area contributed by atoms with Crippen molar-refractivity contribution < 1.29 is 13.5 Å². The molecule has 1 aliphatic rings. The molecule has 3 rings (SSSR count). The molecule has 112 valence electrons. The molecule has 0 aliphatic carbocycles. The summed E-state index contributed by atoms with van der Waals surface area (Å²) in [5.74, 6) is 0.162. The number of anilines is 1. The van der Waals surface area contributed by atoms with E-state index in [1.165, 1.54) is 0 Å². The second-order valence-electron chi connectivity index (χ2n) is 5.20. The number of para-hydroxylation sites is 1. The van der Waals surface area contributed by atoms with Crippen molar-refractivity contribution >= 4 is 16.7 Å². The van der Waals surface area contributed by atoms with Crippen molar-refractivity contribution in [3.63, 3.8) is 0 Å². The van der Waals surface area contributed by atoms with E-state index in [-0.39, 0.29) is 6.10 Å². The lowest BCUT2D eigenvalue weighted by atomic mass is 10.2. The Balaban J connectivity index is 2.10. The number of hydrogen-bond acceptors (Lipinski definition) is 4. The van der Waals surface area contributed by atoms with Gasteiger partial charge in [-0.15, -0.1) is 0 Å². The molecule has 0 spiro atoms. The second-order valence-corrected chi connectivity index (χ2v) is 5.20. The van der Waals surface area contributed by atoms with Gasteiger partial charge in [0.15, 0.2) is 5.82 Å². The average molecular weight is 293 g/mol. The summed E-state index contributed by atoms with van der Waals surface area (Å²) in [6.45, 7) is 4.05. The minimum absolute atomic E-state index is 0.0521. The van der Waals surface area contributed by atoms with Gasteiger partial charge in [0.1, 0.15) is 5.82 Å². The number of alkyl halides is 2. The maximum absolute atomic E-state index is 13.0. The molecule has 2 heterocycles. The van der Waals surface area contributed by atoms with E-state index in [2.05, 4.69) is 9.97 Å². The van der Waals surface area contributed by atoms with Crippen molar-refractivity contribution in [1.29, 1.82) is 0 Å². The van der Waals surface area contributed by atoms with E-state index >= 15 is 0 Å². The third kappa shape index (κ3) is 2.95. The van der Waals surface area contributed by atoms with Crippen LogP contribution in [0.15, 0.2) is 24.3 Å².